The first-order valence-electron chi connectivity index (χ1n) is 11.4. The molecule has 4 aromatic rings. The topological polar surface area (TPSA) is 86.9 Å². The van der Waals surface area contributed by atoms with Gasteiger partial charge in [0.15, 0.2) is 0 Å². The lowest BCUT2D eigenvalue weighted by Crippen LogP contribution is -2.24. The summed E-state index contributed by atoms with van der Waals surface area (Å²) in [6.45, 7) is 0. The van der Waals surface area contributed by atoms with Crippen LogP contribution >= 0.6 is 0 Å². The predicted molar refractivity (Wildman–Crippen MR) is 131 cm³/mol. The normalized spacial score (nSPS) is 14.2. The molecule has 166 valence electrons. The number of anilines is 2. The quantitative estimate of drug-likeness (QED) is 0.357. The standard InChI is InChI=1S/C27H26N4O2/c32-26(19-6-2-1-3-7-19)31-21-13-14-24-22(16-21)23(17-29-24)18-9-11-20(12-10-18)30-27(33)25-8-4-5-15-28-25/h4-5,8-17,19,29H,1-3,6-7H2,(H,30,33)(H,31,32). The van der Waals surface area contributed by atoms with E-state index in [0.717, 1.165) is 53.4 Å². The zero-order valence-electron chi connectivity index (χ0n) is 18.3. The zero-order chi connectivity index (χ0) is 22.6. The van der Waals surface area contributed by atoms with E-state index in [2.05, 4.69) is 20.6 Å². The van der Waals surface area contributed by atoms with Gasteiger partial charge in [-0.3, -0.25) is 14.6 Å². The fourth-order valence-corrected chi connectivity index (χ4v) is 4.47. The minimum absolute atomic E-state index is 0.119. The number of hydrogen-bond donors (Lipinski definition) is 3. The molecule has 1 aliphatic carbocycles. The molecule has 0 spiro atoms. The molecule has 5 rings (SSSR count). The molecule has 0 atom stereocenters. The van der Waals surface area contributed by atoms with Crippen molar-refractivity contribution in [3.05, 3.63) is 78.8 Å². The Labute approximate surface area is 192 Å². The summed E-state index contributed by atoms with van der Waals surface area (Å²) in [7, 11) is 0. The van der Waals surface area contributed by atoms with Gasteiger partial charge in [0, 0.05) is 46.2 Å². The Hall–Kier alpha value is -3.93. The molecule has 0 aliphatic heterocycles. The summed E-state index contributed by atoms with van der Waals surface area (Å²) in [6, 6.07) is 18.9. The maximum atomic E-state index is 12.7. The lowest BCUT2D eigenvalue weighted by molar-refractivity contribution is -0.120. The first-order chi connectivity index (χ1) is 16.2. The van der Waals surface area contributed by atoms with Gasteiger partial charge in [0.25, 0.3) is 5.91 Å². The molecule has 2 heterocycles. The first-order valence-corrected chi connectivity index (χ1v) is 11.4. The number of hydrogen-bond acceptors (Lipinski definition) is 3. The summed E-state index contributed by atoms with van der Waals surface area (Å²) in [5, 5.41) is 7.03. The minimum atomic E-state index is -0.242. The van der Waals surface area contributed by atoms with Gasteiger partial charge in [0.1, 0.15) is 5.69 Å². The average molecular weight is 439 g/mol. The third-order valence-corrected chi connectivity index (χ3v) is 6.28. The number of carbonyl (C=O) groups excluding carboxylic acids is 2. The highest BCUT2D eigenvalue weighted by Gasteiger charge is 2.21. The Kier molecular flexibility index (Phi) is 5.89. The summed E-state index contributed by atoms with van der Waals surface area (Å²) >= 11 is 0. The molecular formula is C27H26N4O2. The molecular weight excluding hydrogens is 412 g/mol. The third-order valence-electron chi connectivity index (χ3n) is 6.28. The fraction of sp³-hybridized carbons (Fsp3) is 0.222. The van der Waals surface area contributed by atoms with E-state index in [-0.39, 0.29) is 17.7 Å². The molecule has 2 aromatic heterocycles. The maximum Gasteiger partial charge on any atom is 0.274 e. The Morgan fingerprint density at radius 1 is 0.879 bits per heavy atom. The Balaban J connectivity index is 1.33. The van der Waals surface area contributed by atoms with Gasteiger partial charge in [-0.05, 0) is 60.9 Å². The van der Waals surface area contributed by atoms with Crippen molar-refractivity contribution >= 4 is 34.1 Å². The second-order valence-corrected chi connectivity index (χ2v) is 8.53. The van der Waals surface area contributed by atoms with Gasteiger partial charge in [-0.2, -0.15) is 0 Å². The molecule has 6 heteroatoms. The van der Waals surface area contributed by atoms with Crippen molar-refractivity contribution in [2.24, 2.45) is 5.92 Å². The minimum Gasteiger partial charge on any atom is -0.361 e. The number of aromatic amines is 1. The second-order valence-electron chi connectivity index (χ2n) is 8.53. The summed E-state index contributed by atoms with van der Waals surface area (Å²) < 4.78 is 0. The number of carbonyl (C=O) groups is 2. The highest BCUT2D eigenvalue weighted by molar-refractivity contribution is 6.03. The van der Waals surface area contributed by atoms with Crippen molar-refractivity contribution < 1.29 is 9.59 Å². The molecule has 0 saturated heterocycles. The van der Waals surface area contributed by atoms with E-state index in [0.29, 0.717) is 11.4 Å². The number of benzene rings is 2. The summed E-state index contributed by atoms with van der Waals surface area (Å²) in [5.74, 6) is 0.00177. The molecule has 2 aromatic carbocycles. The van der Waals surface area contributed by atoms with Crippen LogP contribution in [0.3, 0.4) is 0 Å². The molecule has 1 aliphatic rings. The lowest BCUT2D eigenvalue weighted by Gasteiger charge is -2.20. The molecule has 1 fully saturated rings. The van der Waals surface area contributed by atoms with Gasteiger partial charge in [-0.1, -0.05) is 37.5 Å². The number of rotatable bonds is 5. The monoisotopic (exact) mass is 438 g/mol. The molecule has 0 radical (unpaired) electrons. The summed E-state index contributed by atoms with van der Waals surface area (Å²) in [6.07, 6.45) is 9.03. The van der Waals surface area contributed by atoms with Crippen LogP contribution in [-0.4, -0.2) is 21.8 Å². The maximum absolute atomic E-state index is 12.7. The number of aromatic nitrogens is 2. The first kappa shape index (κ1) is 20.9. The van der Waals surface area contributed by atoms with Crippen LogP contribution in [0, 0.1) is 5.92 Å². The molecule has 2 amide bonds. The van der Waals surface area contributed by atoms with Gasteiger partial charge in [-0.25, -0.2) is 0 Å². The number of nitrogens with one attached hydrogen (secondary N) is 3. The van der Waals surface area contributed by atoms with Crippen LogP contribution in [0.25, 0.3) is 22.0 Å². The highest BCUT2D eigenvalue weighted by Crippen LogP contribution is 2.32. The zero-order valence-corrected chi connectivity index (χ0v) is 18.3. The lowest BCUT2D eigenvalue weighted by atomic mass is 9.88. The number of amides is 2. The molecule has 6 nitrogen and oxygen atoms in total. The van der Waals surface area contributed by atoms with Crippen molar-refractivity contribution in [3.63, 3.8) is 0 Å². The molecule has 1 saturated carbocycles. The van der Waals surface area contributed by atoms with E-state index in [4.69, 9.17) is 0 Å². The Bertz CT molecular complexity index is 1270. The van der Waals surface area contributed by atoms with Crippen molar-refractivity contribution in [1.29, 1.82) is 0 Å². The summed E-state index contributed by atoms with van der Waals surface area (Å²) in [4.78, 5) is 32.4. The predicted octanol–water partition coefficient (Wildman–Crippen LogP) is 6.00. The van der Waals surface area contributed by atoms with Gasteiger partial charge < -0.3 is 15.6 Å². The SMILES string of the molecule is O=C(Nc1ccc(-c2c[nH]c3ccc(NC(=O)C4CCCCC4)cc23)cc1)c1ccccn1. The van der Waals surface area contributed by atoms with Crippen LogP contribution in [0.2, 0.25) is 0 Å². The van der Waals surface area contributed by atoms with E-state index in [9.17, 15) is 9.59 Å². The van der Waals surface area contributed by atoms with E-state index < -0.39 is 0 Å². The van der Waals surface area contributed by atoms with E-state index in [1.807, 2.05) is 48.7 Å². The van der Waals surface area contributed by atoms with E-state index in [1.165, 1.54) is 6.42 Å². The average Bonchev–Trinajstić information content (AvgIpc) is 3.29. The molecule has 0 bridgehead atoms. The van der Waals surface area contributed by atoms with Crippen molar-refractivity contribution in [2.45, 2.75) is 32.1 Å². The van der Waals surface area contributed by atoms with Crippen molar-refractivity contribution in [3.8, 4) is 11.1 Å². The van der Waals surface area contributed by atoms with Gasteiger partial charge in [-0.15, -0.1) is 0 Å². The van der Waals surface area contributed by atoms with Gasteiger partial charge in [0.2, 0.25) is 5.91 Å². The van der Waals surface area contributed by atoms with Crippen molar-refractivity contribution in [2.75, 3.05) is 10.6 Å². The number of fused-ring (bicyclic) bond motifs is 1. The largest absolute Gasteiger partial charge is 0.361 e. The van der Waals surface area contributed by atoms with Gasteiger partial charge in [0.05, 0.1) is 0 Å². The smallest absolute Gasteiger partial charge is 0.274 e. The number of nitrogens with zero attached hydrogens (tertiary/aromatic N) is 1. The number of H-pyrrole nitrogens is 1. The van der Waals surface area contributed by atoms with Crippen LogP contribution < -0.4 is 10.6 Å². The van der Waals surface area contributed by atoms with Crippen LogP contribution in [0.4, 0.5) is 11.4 Å². The van der Waals surface area contributed by atoms with Crippen LogP contribution in [-0.2, 0) is 4.79 Å². The van der Waals surface area contributed by atoms with E-state index >= 15 is 0 Å². The number of pyridine rings is 1. The summed E-state index contributed by atoms with van der Waals surface area (Å²) in [5.41, 5.74) is 4.97. The third kappa shape index (κ3) is 4.65. The molecule has 0 unspecified atom stereocenters. The van der Waals surface area contributed by atoms with Crippen molar-refractivity contribution in [1.82, 2.24) is 9.97 Å². The molecule has 3 N–H and O–H groups in total. The fourth-order valence-electron chi connectivity index (χ4n) is 4.47. The van der Waals surface area contributed by atoms with Gasteiger partial charge >= 0.3 is 0 Å². The Morgan fingerprint density at radius 2 is 1.67 bits per heavy atom. The van der Waals surface area contributed by atoms with Crippen LogP contribution in [0.5, 0.6) is 0 Å². The Morgan fingerprint density at radius 3 is 2.42 bits per heavy atom. The van der Waals surface area contributed by atoms with Crippen LogP contribution in [0.1, 0.15) is 42.6 Å². The highest BCUT2D eigenvalue weighted by atomic mass is 16.2. The van der Waals surface area contributed by atoms with Crippen LogP contribution in [0.15, 0.2) is 73.1 Å². The second kappa shape index (κ2) is 9.28. The van der Waals surface area contributed by atoms with E-state index in [1.54, 1.807) is 24.4 Å². The molecule has 33 heavy (non-hydrogen) atoms.